The average Bonchev–Trinajstić information content (AvgIpc) is 3.23. The lowest BCUT2D eigenvalue weighted by molar-refractivity contribution is -0.167. The Kier molecular flexibility index (Phi) is 44.1. The fourth-order valence-corrected chi connectivity index (χ4v) is 6.07. The van der Waals surface area contributed by atoms with Crippen LogP contribution in [0.2, 0.25) is 0 Å². The van der Waals surface area contributed by atoms with Crippen LogP contribution in [0.15, 0.2) is 97.2 Å². The Morgan fingerprint density at radius 2 is 0.661 bits per heavy atom. The first-order valence-electron chi connectivity index (χ1n) is 23.7. The van der Waals surface area contributed by atoms with Gasteiger partial charge in [0.25, 0.3) is 0 Å². The zero-order valence-corrected chi connectivity index (χ0v) is 38.0. The van der Waals surface area contributed by atoms with Crippen LogP contribution in [0.25, 0.3) is 0 Å². The second-order valence-corrected chi connectivity index (χ2v) is 15.3. The van der Waals surface area contributed by atoms with Crippen molar-refractivity contribution < 1.29 is 28.6 Å². The highest BCUT2D eigenvalue weighted by Crippen LogP contribution is 2.13. The Balaban J connectivity index is 4.26. The number of carbonyl (C=O) groups excluding carboxylic acids is 3. The Labute approximate surface area is 362 Å². The molecular formula is C53H86O6. The molecule has 0 aromatic carbocycles. The number of hydrogen-bond acceptors (Lipinski definition) is 6. The van der Waals surface area contributed by atoms with Crippen LogP contribution in [-0.4, -0.2) is 37.2 Å². The molecule has 0 radical (unpaired) electrons. The molecule has 0 aromatic rings. The van der Waals surface area contributed by atoms with E-state index in [1.807, 2.05) is 0 Å². The third kappa shape index (κ3) is 45.3. The summed E-state index contributed by atoms with van der Waals surface area (Å²) in [5.41, 5.74) is 0. The van der Waals surface area contributed by atoms with E-state index in [9.17, 15) is 14.4 Å². The minimum absolute atomic E-state index is 0.0990. The van der Waals surface area contributed by atoms with E-state index in [1.54, 1.807) is 0 Å². The zero-order valence-electron chi connectivity index (χ0n) is 38.0. The number of carbonyl (C=O) groups is 3. The highest BCUT2D eigenvalue weighted by molar-refractivity contribution is 5.71. The molecule has 59 heavy (non-hydrogen) atoms. The predicted octanol–water partition coefficient (Wildman–Crippen LogP) is 15.4. The van der Waals surface area contributed by atoms with E-state index >= 15 is 0 Å². The van der Waals surface area contributed by atoms with Crippen molar-refractivity contribution in [1.82, 2.24) is 0 Å². The fraction of sp³-hybridized carbons (Fsp3) is 0.642. The molecule has 0 saturated heterocycles. The van der Waals surface area contributed by atoms with Crippen molar-refractivity contribution in [3.63, 3.8) is 0 Å². The molecule has 1 unspecified atom stereocenters. The Bertz CT molecular complexity index is 1220. The second-order valence-electron chi connectivity index (χ2n) is 15.3. The molecule has 0 saturated carbocycles. The van der Waals surface area contributed by atoms with Crippen LogP contribution >= 0.6 is 0 Å². The zero-order chi connectivity index (χ0) is 43.0. The van der Waals surface area contributed by atoms with Crippen molar-refractivity contribution in [3.8, 4) is 0 Å². The molecule has 0 spiro atoms. The van der Waals surface area contributed by atoms with Gasteiger partial charge in [-0.2, -0.15) is 0 Å². The molecule has 0 aliphatic rings. The molecule has 0 amide bonds. The largest absolute Gasteiger partial charge is 0.462 e. The molecule has 6 heteroatoms. The lowest BCUT2D eigenvalue weighted by atomic mass is 10.1. The number of rotatable bonds is 41. The van der Waals surface area contributed by atoms with Crippen LogP contribution in [0, 0.1) is 0 Å². The Morgan fingerprint density at radius 1 is 0.356 bits per heavy atom. The van der Waals surface area contributed by atoms with Crippen LogP contribution < -0.4 is 0 Å². The van der Waals surface area contributed by atoms with Crippen molar-refractivity contribution in [3.05, 3.63) is 97.2 Å². The van der Waals surface area contributed by atoms with Crippen LogP contribution in [0.3, 0.4) is 0 Å². The molecule has 0 aliphatic heterocycles. The summed E-state index contributed by atoms with van der Waals surface area (Å²) in [5.74, 6) is -0.971. The van der Waals surface area contributed by atoms with E-state index in [1.165, 1.54) is 32.1 Å². The summed E-state index contributed by atoms with van der Waals surface area (Å²) in [6.45, 7) is 6.26. The molecule has 1 atom stereocenters. The fourth-order valence-electron chi connectivity index (χ4n) is 6.07. The van der Waals surface area contributed by atoms with Crippen molar-refractivity contribution >= 4 is 17.9 Å². The SMILES string of the molecule is CC/C=C\C/C=C\C/C=C\C/C=C\CCCCCCCCCCC(=O)OCC(COC(=O)CCCCCCC)OC(=O)CCCC/C=C\C/C=C\C/C=C\C/C=C\CC. The van der Waals surface area contributed by atoms with Gasteiger partial charge in [0.05, 0.1) is 0 Å². The summed E-state index contributed by atoms with van der Waals surface area (Å²) in [7, 11) is 0. The standard InChI is InChI=1S/C53H86O6/c1-4-7-10-13-15-17-19-21-23-24-25-26-27-28-30-31-33-35-37-40-43-46-52(55)58-49-50(48-57-51(54)45-42-39-12-9-6-3)59-53(56)47-44-41-38-36-34-32-29-22-20-18-16-14-11-8-5-2/h7-8,10-11,15-18,21-23,25-26,29,34,36,50H,4-6,9,12-14,19-20,24,27-28,30-33,35,37-49H2,1-3H3/b10-7-,11-8-,17-15-,18-16-,23-21-,26-25-,29-22-,36-34-. The first-order valence-corrected chi connectivity index (χ1v) is 23.7. The Morgan fingerprint density at radius 3 is 1.07 bits per heavy atom. The van der Waals surface area contributed by atoms with Gasteiger partial charge in [-0.1, -0.05) is 182 Å². The van der Waals surface area contributed by atoms with Crippen LogP contribution in [0.4, 0.5) is 0 Å². The van der Waals surface area contributed by atoms with Gasteiger partial charge in [-0.25, -0.2) is 0 Å². The summed E-state index contributed by atoms with van der Waals surface area (Å²) in [5, 5.41) is 0. The first kappa shape index (κ1) is 55.3. The van der Waals surface area contributed by atoms with Gasteiger partial charge < -0.3 is 14.2 Å². The monoisotopic (exact) mass is 819 g/mol. The number of hydrogen-bond donors (Lipinski definition) is 0. The smallest absolute Gasteiger partial charge is 0.306 e. The highest BCUT2D eigenvalue weighted by Gasteiger charge is 2.19. The van der Waals surface area contributed by atoms with E-state index in [4.69, 9.17) is 14.2 Å². The summed E-state index contributed by atoms with van der Waals surface area (Å²) in [4.78, 5) is 37.6. The lowest BCUT2D eigenvalue weighted by Gasteiger charge is -2.18. The maximum absolute atomic E-state index is 12.7. The van der Waals surface area contributed by atoms with Gasteiger partial charge in [-0.05, 0) is 96.3 Å². The summed E-state index contributed by atoms with van der Waals surface area (Å²) in [6.07, 6.45) is 61.4. The van der Waals surface area contributed by atoms with E-state index in [2.05, 4.69) is 118 Å². The van der Waals surface area contributed by atoms with Crippen molar-refractivity contribution in [2.24, 2.45) is 0 Å². The summed E-state index contributed by atoms with van der Waals surface area (Å²) in [6, 6.07) is 0. The van der Waals surface area contributed by atoms with Crippen molar-refractivity contribution in [2.45, 2.75) is 207 Å². The second kappa shape index (κ2) is 47.0. The van der Waals surface area contributed by atoms with Gasteiger partial charge in [-0.15, -0.1) is 0 Å². The number of ether oxygens (including phenoxy) is 3. The van der Waals surface area contributed by atoms with Gasteiger partial charge >= 0.3 is 17.9 Å². The van der Waals surface area contributed by atoms with Gasteiger partial charge in [0.15, 0.2) is 6.10 Å². The molecule has 0 bridgehead atoms. The molecule has 0 heterocycles. The van der Waals surface area contributed by atoms with Gasteiger partial charge in [0, 0.05) is 19.3 Å². The van der Waals surface area contributed by atoms with Crippen LogP contribution in [-0.2, 0) is 28.6 Å². The van der Waals surface area contributed by atoms with E-state index < -0.39 is 6.10 Å². The van der Waals surface area contributed by atoms with Gasteiger partial charge in [0.1, 0.15) is 13.2 Å². The molecule has 334 valence electrons. The average molecular weight is 819 g/mol. The topological polar surface area (TPSA) is 78.9 Å². The molecule has 0 N–H and O–H groups in total. The van der Waals surface area contributed by atoms with E-state index in [-0.39, 0.29) is 37.5 Å². The first-order chi connectivity index (χ1) is 29.0. The minimum atomic E-state index is -0.798. The highest BCUT2D eigenvalue weighted by atomic mass is 16.6. The third-order valence-electron chi connectivity index (χ3n) is 9.58. The van der Waals surface area contributed by atoms with Crippen LogP contribution in [0.1, 0.15) is 201 Å². The predicted molar refractivity (Wildman–Crippen MR) is 251 cm³/mol. The maximum Gasteiger partial charge on any atom is 0.306 e. The van der Waals surface area contributed by atoms with E-state index in [0.717, 1.165) is 122 Å². The molecule has 0 aromatic heterocycles. The number of esters is 3. The molecule has 0 aliphatic carbocycles. The third-order valence-corrected chi connectivity index (χ3v) is 9.58. The molecular weight excluding hydrogens is 733 g/mol. The molecule has 6 nitrogen and oxygen atoms in total. The summed E-state index contributed by atoms with van der Waals surface area (Å²) < 4.78 is 16.6. The molecule has 0 rings (SSSR count). The number of allylic oxidation sites excluding steroid dienone is 16. The summed E-state index contributed by atoms with van der Waals surface area (Å²) >= 11 is 0. The lowest BCUT2D eigenvalue weighted by Crippen LogP contribution is -2.30. The minimum Gasteiger partial charge on any atom is -0.462 e. The van der Waals surface area contributed by atoms with Gasteiger partial charge in [-0.3, -0.25) is 14.4 Å². The van der Waals surface area contributed by atoms with E-state index in [0.29, 0.717) is 19.3 Å². The van der Waals surface area contributed by atoms with Crippen LogP contribution in [0.5, 0.6) is 0 Å². The van der Waals surface area contributed by atoms with Gasteiger partial charge in [0.2, 0.25) is 0 Å². The number of unbranched alkanes of at least 4 members (excludes halogenated alkanes) is 14. The van der Waals surface area contributed by atoms with Crippen molar-refractivity contribution in [1.29, 1.82) is 0 Å². The maximum atomic E-state index is 12.7. The normalized spacial score (nSPS) is 12.9. The Hall–Kier alpha value is -3.67. The van der Waals surface area contributed by atoms with Crippen molar-refractivity contribution in [2.75, 3.05) is 13.2 Å². The quantitative estimate of drug-likeness (QED) is 0.0265. The molecule has 0 fully saturated rings.